The highest BCUT2D eigenvalue weighted by Gasteiger charge is 2.46. The van der Waals surface area contributed by atoms with Crippen LogP contribution in [-0.2, 0) is 21.5 Å². The van der Waals surface area contributed by atoms with E-state index in [1.54, 1.807) is 45.0 Å². The molecule has 0 bridgehead atoms. The number of amides is 2. The molecule has 0 unspecified atom stereocenters. The minimum absolute atomic E-state index is 0.0831. The maximum Gasteiger partial charge on any atom is 0.408 e. The summed E-state index contributed by atoms with van der Waals surface area (Å²) in [6.45, 7) is 5.01. The molecule has 2 amide bonds. The van der Waals surface area contributed by atoms with Gasteiger partial charge in [-0.2, -0.15) is 0 Å². The first-order chi connectivity index (χ1) is 15.5. The van der Waals surface area contributed by atoms with Gasteiger partial charge >= 0.3 is 12.1 Å². The Morgan fingerprint density at radius 1 is 1.03 bits per heavy atom. The number of benzene rings is 2. The summed E-state index contributed by atoms with van der Waals surface area (Å²) in [6, 6.07) is 17.7. The molecule has 8 nitrogen and oxygen atoms in total. The van der Waals surface area contributed by atoms with Crippen LogP contribution in [0, 0.1) is 0 Å². The number of alkyl carbamates (subject to hydrolysis) is 1. The van der Waals surface area contributed by atoms with Crippen LogP contribution in [0.5, 0.6) is 0 Å². The molecule has 33 heavy (non-hydrogen) atoms. The summed E-state index contributed by atoms with van der Waals surface area (Å²) < 4.78 is 5.35. The average molecular weight is 450 g/mol. The number of nitrogens with zero attached hydrogens (tertiary/aromatic N) is 1. The van der Waals surface area contributed by atoms with Crippen LogP contribution >= 0.6 is 0 Å². The Bertz CT molecular complexity index is 1190. The molecule has 8 heteroatoms. The number of nitrogens with one attached hydrogen (secondary N) is 1. The van der Waals surface area contributed by atoms with Crippen molar-refractivity contribution in [2.45, 2.75) is 44.8 Å². The molecule has 4 N–H and O–H groups in total. The fourth-order valence-electron chi connectivity index (χ4n) is 3.59. The number of nitrogens with two attached hydrogens (primary N) is 1. The van der Waals surface area contributed by atoms with Gasteiger partial charge in [0.15, 0.2) is 5.54 Å². The number of primary amides is 1. The number of aliphatic carboxylic acids is 1. The van der Waals surface area contributed by atoms with Crippen molar-refractivity contribution in [1.29, 1.82) is 0 Å². The van der Waals surface area contributed by atoms with Crippen molar-refractivity contribution >= 4 is 28.9 Å². The van der Waals surface area contributed by atoms with Crippen LogP contribution < -0.4 is 11.1 Å². The van der Waals surface area contributed by atoms with Crippen molar-refractivity contribution in [3.63, 3.8) is 0 Å². The molecular formula is C25H27N3O5. The third-order valence-electron chi connectivity index (χ3n) is 5.10. The molecular weight excluding hydrogens is 422 g/mol. The number of carboxylic acids is 1. The maximum atomic E-state index is 12.8. The Balaban J connectivity index is 2.19. The third kappa shape index (κ3) is 5.46. The van der Waals surface area contributed by atoms with Gasteiger partial charge in [-0.15, -0.1) is 0 Å². The monoisotopic (exact) mass is 449 g/mol. The number of pyridine rings is 1. The Morgan fingerprint density at radius 2 is 1.67 bits per heavy atom. The predicted octanol–water partition coefficient (Wildman–Crippen LogP) is 3.77. The molecule has 172 valence electrons. The highest BCUT2D eigenvalue weighted by atomic mass is 16.6. The molecule has 3 aromatic rings. The van der Waals surface area contributed by atoms with E-state index in [9.17, 15) is 19.5 Å². The molecule has 1 aromatic heterocycles. The summed E-state index contributed by atoms with van der Waals surface area (Å²) >= 11 is 0. The summed E-state index contributed by atoms with van der Waals surface area (Å²) in [7, 11) is 0. The summed E-state index contributed by atoms with van der Waals surface area (Å²) in [5, 5.41) is 13.5. The molecule has 0 aliphatic carbocycles. The first kappa shape index (κ1) is 23.7. The van der Waals surface area contributed by atoms with Gasteiger partial charge in [0.1, 0.15) is 5.60 Å². The molecule has 0 fully saturated rings. The van der Waals surface area contributed by atoms with E-state index in [0.717, 1.165) is 5.56 Å². The molecule has 3 rings (SSSR count). The van der Waals surface area contributed by atoms with Crippen molar-refractivity contribution in [3.8, 4) is 0 Å². The number of hydrogen-bond acceptors (Lipinski definition) is 5. The molecule has 1 atom stereocenters. The Hall–Kier alpha value is -3.94. The normalized spacial score (nSPS) is 13.2. The van der Waals surface area contributed by atoms with E-state index in [4.69, 9.17) is 10.5 Å². The number of aryl methyl sites for hydroxylation is 1. The second kappa shape index (κ2) is 9.28. The highest BCUT2D eigenvalue weighted by molar-refractivity contribution is 6.00. The minimum atomic E-state index is -2.06. The quantitative estimate of drug-likeness (QED) is 0.503. The number of ether oxygens (including phenoxy) is 1. The van der Waals surface area contributed by atoms with Gasteiger partial charge in [-0.3, -0.25) is 10.1 Å². The lowest BCUT2D eigenvalue weighted by molar-refractivity contribution is -0.146. The first-order valence-electron chi connectivity index (χ1n) is 10.5. The van der Waals surface area contributed by atoms with Crippen LogP contribution in [0.25, 0.3) is 10.9 Å². The third-order valence-corrected chi connectivity index (χ3v) is 5.10. The number of aromatic nitrogens is 1. The average Bonchev–Trinajstić information content (AvgIpc) is 2.75. The standard InChI is InChI=1S/C25H27N3O5/c1-24(2,3)33-23(32)28-25(22(30)31,14-13-16-9-5-4-6-10-16)20-18(21(26)29)15-17-11-7-8-12-19(17)27-20/h4-12,15H,13-14H2,1-3H3,(H2,26,29)(H,28,32)(H,30,31)/t25-/m0/s1. The van der Waals surface area contributed by atoms with E-state index in [1.807, 2.05) is 30.3 Å². The van der Waals surface area contributed by atoms with Gasteiger partial charge in [-0.1, -0.05) is 48.5 Å². The lowest BCUT2D eigenvalue weighted by atomic mass is 9.84. The number of rotatable bonds is 7. The van der Waals surface area contributed by atoms with E-state index in [1.165, 1.54) is 6.07 Å². The molecule has 0 saturated carbocycles. The van der Waals surface area contributed by atoms with Crippen molar-refractivity contribution in [2.24, 2.45) is 5.73 Å². The SMILES string of the molecule is CC(C)(C)OC(=O)N[C@](CCc1ccccc1)(C(=O)O)c1nc2ccccc2cc1C(N)=O. The van der Waals surface area contributed by atoms with Gasteiger partial charge in [0.2, 0.25) is 0 Å². The van der Waals surface area contributed by atoms with Gasteiger partial charge in [0, 0.05) is 5.39 Å². The molecule has 0 spiro atoms. The van der Waals surface area contributed by atoms with Gasteiger partial charge in [0.05, 0.1) is 16.8 Å². The highest BCUT2D eigenvalue weighted by Crippen LogP contribution is 2.32. The maximum absolute atomic E-state index is 12.8. The first-order valence-corrected chi connectivity index (χ1v) is 10.5. The molecule has 2 aromatic carbocycles. The fraction of sp³-hybridized carbons (Fsp3) is 0.280. The van der Waals surface area contributed by atoms with Gasteiger partial charge < -0.3 is 15.6 Å². The number of para-hydroxylation sites is 1. The molecule has 1 heterocycles. The summed E-state index contributed by atoms with van der Waals surface area (Å²) in [4.78, 5) is 42.4. The second-order valence-corrected chi connectivity index (χ2v) is 8.76. The fourth-order valence-corrected chi connectivity index (χ4v) is 3.59. The van der Waals surface area contributed by atoms with Crippen molar-refractivity contribution in [3.05, 3.63) is 77.5 Å². The predicted molar refractivity (Wildman–Crippen MR) is 124 cm³/mol. The second-order valence-electron chi connectivity index (χ2n) is 8.76. The van der Waals surface area contributed by atoms with Crippen LogP contribution in [0.3, 0.4) is 0 Å². The van der Waals surface area contributed by atoms with E-state index in [-0.39, 0.29) is 24.1 Å². The van der Waals surface area contributed by atoms with Gasteiger partial charge in [0.25, 0.3) is 5.91 Å². The zero-order valence-electron chi connectivity index (χ0n) is 18.8. The number of hydrogen-bond donors (Lipinski definition) is 3. The van der Waals surface area contributed by atoms with Crippen LogP contribution in [0.1, 0.15) is 48.8 Å². The zero-order chi connectivity index (χ0) is 24.2. The van der Waals surface area contributed by atoms with Crippen molar-refractivity contribution < 1.29 is 24.2 Å². The minimum Gasteiger partial charge on any atom is -0.479 e. The molecule has 0 aliphatic heterocycles. The van der Waals surface area contributed by atoms with Crippen LogP contribution in [-0.4, -0.2) is 33.7 Å². The molecule has 0 aliphatic rings. The van der Waals surface area contributed by atoms with Gasteiger partial charge in [-0.25, -0.2) is 14.6 Å². The number of carbonyl (C=O) groups is 3. The summed E-state index contributed by atoms with van der Waals surface area (Å²) in [6.07, 6.45) is -0.740. The van der Waals surface area contributed by atoms with E-state index < -0.39 is 29.1 Å². The largest absolute Gasteiger partial charge is 0.479 e. The van der Waals surface area contributed by atoms with E-state index in [0.29, 0.717) is 10.9 Å². The van der Waals surface area contributed by atoms with Crippen molar-refractivity contribution in [2.75, 3.05) is 0 Å². The Morgan fingerprint density at radius 3 is 2.27 bits per heavy atom. The Kier molecular flexibility index (Phi) is 6.67. The Labute approximate surface area is 191 Å². The van der Waals surface area contributed by atoms with Gasteiger partial charge in [-0.05, 0) is 51.3 Å². The number of carbonyl (C=O) groups excluding carboxylic acids is 2. The van der Waals surface area contributed by atoms with Crippen molar-refractivity contribution in [1.82, 2.24) is 10.3 Å². The van der Waals surface area contributed by atoms with Crippen LogP contribution in [0.4, 0.5) is 4.79 Å². The summed E-state index contributed by atoms with van der Waals surface area (Å²) in [5.74, 6) is -2.23. The summed E-state index contributed by atoms with van der Waals surface area (Å²) in [5.41, 5.74) is 3.80. The zero-order valence-corrected chi connectivity index (χ0v) is 18.8. The lowest BCUT2D eigenvalue weighted by Gasteiger charge is -2.32. The molecule has 0 saturated heterocycles. The van der Waals surface area contributed by atoms with E-state index in [2.05, 4.69) is 10.3 Å². The smallest absolute Gasteiger partial charge is 0.408 e. The topological polar surface area (TPSA) is 132 Å². The number of fused-ring (bicyclic) bond motifs is 1. The number of carboxylic acid groups (broad SMARTS) is 1. The van der Waals surface area contributed by atoms with E-state index >= 15 is 0 Å². The van der Waals surface area contributed by atoms with Crippen LogP contribution in [0.15, 0.2) is 60.7 Å². The molecule has 0 radical (unpaired) electrons. The van der Waals surface area contributed by atoms with Crippen LogP contribution in [0.2, 0.25) is 0 Å². The lowest BCUT2D eigenvalue weighted by Crippen LogP contribution is -2.54.